The number of rotatable bonds is 38. The molecule has 19 heteroatoms. The lowest BCUT2D eigenvalue weighted by atomic mass is 9.85. The minimum absolute atomic E-state index is 0.0569. The molecule has 66 heavy (non-hydrogen) atoms. The first-order chi connectivity index (χ1) is 31.5. The summed E-state index contributed by atoms with van der Waals surface area (Å²) in [5.41, 5.74) is 0. The van der Waals surface area contributed by atoms with Crippen molar-refractivity contribution in [2.24, 2.45) is 0 Å². The van der Waals surface area contributed by atoms with Crippen molar-refractivity contribution in [2.75, 3.05) is 13.2 Å². The average Bonchev–Trinajstić information content (AvgIpc) is 3.27. The molecule has 1 rings (SSSR count). The van der Waals surface area contributed by atoms with Crippen molar-refractivity contribution in [1.29, 1.82) is 0 Å². The summed E-state index contributed by atoms with van der Waals surface area (Å²) in [7, 11) is -10.7. The molecule has 0 aromatic rings. The van der Waals surface area contributed by atoms with Crippen LogP contribution in [0.3, 0.4) is 0 Å². The molecule has 1 aliphatic rings. The number of hydrogen-bond acceptors (Lipinski definition) is 14. The van der Waals surface area contributed by atoms with Crippen molar-refractivity contribution in [3.8, 4) is 0 Å². The lowest BCUT2D eigenvalue weighted by Crippen LogP contribution is -2.64. The summed E-state index contributed by atoms with van der Waals surface area (Å²) in [5, 5.41) is 51.0. The smallest absolute Gasteiger partial charge is 0.462 e. The van der Waals surface area contributed by atoms with Gasteiger partial charge in [-0.05, 0) is 70.6 Å². The Labute approximate surface area is 392 Å². The van der Waals surface area contributed by atoms with Crippen LogP contribution in [0.2, 0.25) is 0 Å². The predicted molar refractivity (Wildman–Crippen MR) is 252 cm³/mol. The van der Waals surface area contributed by atoms with Crippen LogP contribution >= 0.6 is 15.6 Å². The van der Waals surface area contributed by atoms with E-state index in [1.165, 1.54) is 38.5 Å². The standard InChI is InChI=1S/C47H80O17P2/c1-3-5-7-8-9-10-11-12-13-14-18-21-24-27-30-34-40(49)60-36-39(37-61-66(58,59)64-47-44(53)42(51)43(52)46(45(47)54)63-65(55,56)57)62-41(50)35-31-28-25-22-19-16-15-17-20-23-26-29-33-38(48)32-6-4-2/h6,12-13,15-16,20,22-23,25-26,29,32,38-39,42-48,51-54H,3-5,7-11,14,17-19,21,24,27-28,30-31,33-37H2,1-2H3,(H,58,59)(H2,55,56,57)/b13-12-,16-15-,23-20-,25-22-,29-26+,32-6-/t38?,39-,42?,43?,44?,45?,46-,47+/m1/s1. The van der Waals surface area contributed by atoms with Gasteiger partial charge in [0.25, 0.3) is 0 Å². The van der Waals surface area contributed by atoms with Crippen LogP contribution in [0.5, 0.6) is 0 Å². The van der Waals surface area contributed by atoms with Crippen molar-refractivity contribution in [1.82, 2.24) is 0 Å². The molecule has 1 fully saturated rings. The van der Waals surface area contributed by atoms with Gasteiger partial charge in [0.05, 0.1) is 12.7 Å². The molecule has 0 radical (unpaired) electrons. The quantitative estimate of drug-likeness (QED) is 0.00963. The maximum absolute atomic E-state index is 13.0. The largest absolute Gasteiger partial charge is 0.472 e. The monoisotopic (exact) mass is 978 g/mol. The zero-order valence-corrected chi connectivity index (χ0v) is 40.7. The van der Waals surface area contributed by atoms with Gasteiger partial charge in [-0.15, -0.1) is 0 Å². The van der Waals surface area contributed by atoms with Gasteiger partial charge in [-0.25, -0.2) is 9.13 Å². The van der Waals surface area contributed by atoms with E-state index < -0.39 is 89.6 Å². The predicted octanol–water partition coefficient (Wildman–Crippen LogP) is 7.81. The highest BCUT2D eigenvalue weighted by atomic mass is 31.2. The number of carbonyl (C=O) groups excluding carboxylic acids is 2. The van der Waals surface area contributed by atoms with E-state index >= 15 is 0 Å². The van der Waals surface area contributed by atoms with Crippen molar-refractivity contribution >= 4 is 27.6 Å². The Bertz CT molecular complexity index is 1570. The van der Waals surface area contributed by atoms with Crippen LogP contribution in [0.4, 0.5) is 0 Å². The summed E-state index contributed by atoms with van der Waals surface area (Å²) in [6, 6.07) is 0. The van der Waals surface area contributed by atoms with E-state index in [-0.39, 0.29) is 12.8 Å². The summed E-state index contributed by atoms with van der Waals surface area (Å²) in [6.07, 6.45) is 26.3. The van der Waals surface area contributed by atoms with Crippen molar-refractivity contribution in [3.05, 3.63) is 72.9 Å². The third kappa shape index (κ3) is 31.4. The molecule has 0 aromatic carbocycles. The van der Waals surface area contributed by atoms with Crippen molar-refractivity contribution in [3.63, 3.8) is 0 Å². The second-order valence-electron chi connectivity index (χ2n) is 16.3. The number of phosphoric acid groups is 2. The third-order valence-corrected chi connectivity index (χ3v) is 11.8. The van der Waals surface area contributed by atoms with E-state index in [2.05, 4.69) is 23.6 Å². The zero-order chi connectivity index (χ0) is 49.1. The zero-order valence-electron chi connectivity index (χ0n) is 39.0. The maximum Gasteiger partial charge on any atom is 0.472 e. The SMILES string of the molecule is CC/C=C\C(O)C/C=C/C=C\C/C=C\C/C=C\CCCC(=O)O[C@H](COC(=O)CCCCCCC/C=C\CCCCCCCC)COP(=O)(O)O[C@H]1C(O)C(O)C(O)[C@@H](OP(=O)(O)O)C1O. The number of carbonyl (C=O) groups is 2. The van der Waals surface area contributed by atoms with Crippen LogP contribution in [0.1, 0.15) is 149 Å². The van der Waals surface area contributed by atoms with Gasteiger partial charge >= 0.3 is 27.6 Å². The first-order valence-corrected chi connectivity index (χ1v) is 26.6. The van der Waals surface area contributed by atoms with E-state index in [0.717, 1.165) is 51.4 Å². The summed E-state index contributed by atoms with van der Waals surface area (Å²) in [5.74, 6) is -1.31. The molecular formula is C47H80O17P2. The summed E-state index contributed by atoms with van der Waals surface area (Å²) < 4.78 is 49.3. The molecule has 9 atom stereocenters. The van der Waals surface area contributed by atoms with E-state index in [4.69, 9.17) is 28.3 Å². The highest BCUT2D eigenvalue weighted by molar-refractivity contribution is 7.47. The molecule has 1 aliphatic carbocycles. The van der Waals surface area contributed by atoms with E-state index in [1.807, 2.05) is 61.6 Å². The summed E-state index contributed by atoms with van der Waals surface area (Å²) in [4.78, 5) is 54.2. The second-order valence-corrected chi connectivity index (χ2v) is 18.9. The fraction of sp³-hybridized carbons (Fsp3) is 0.702. The number of ether oxygens (including phenoxy) is 2. The van der Waals surface area contributed by atoms with Crippen LogP contribution in [0.15, 0.2) is 72.9 Å². The van der Waals surface area contributed by atoms with Gasteiger partial charge in [0.1, 0.15) is 43.2 Å². The van der Waals surface area contributed by atoms with Crippen LogP contribution in [0.25, 0.3) is 0 Å². The Morgan fingerprint density at radius 1 is 0.576 bits per heavy atom. The Morgan fingerprint density at radius 2 is 1.11 bits per heavy atom. The lowest BCUT2D eigenvalue weighted by Gasteiger charge is -2.43. The molecule has 1 saturated carbocycles. The molecule has 0 spiro atoms. The molecule has 0 saturated heterocycles. The van der Waals surface area contributed by atoms with E-state index in [1.54, 1.807) is 6.08 Å². The molecule has 380 valence electrons. The first-order valence-electron chi connectivity index (χ1n) is 23.6. The number of phosphoric ester groups is 2. The number of unbranched alkanes of at least 4 members (excludes halogenated alkanes) is 12. The van der Waals surface area contributed by atoms with Gasteiger partial charge in [-0.1, -0.05) is 138 Å². The number of aliphatic hydroxyl groups is 5. The van der Waals surface area contributed by atoms with Crippen LogP contribution in [-0.4, -0.2) is 114 Å². The summed E-state index contributed by atoms with van der Waals surface area (Å²) >= 11 is 0. The van der Waals surface area contributed by atoms with Gasteiger partial charge in [0.15, 0.2) is 6.10 Å². The van der Waals surface area contributed by atoms with Crippen LogP contribution in [0, 0.1) is 0 Å². The van der Waals surface area contributed by atoms with Gasteiger partial charge in [-0.3, -0.25) is 23.2 Å². The maximum atomic E-state index is 13.0. The van der Waals surface area contributed by atoms with E-state index in [9.17, 15) is 49.1 Å². The normalized spacial score (nSPS) is 22.6. The highest BCUT2D eigenvalue weighted by Gasteiger charge is 2.54. The van der Waals surface area contributed by atoms with Gasteiger partial charge < -0.3 is 49.7 Å². The molecule has 0 aromatic heterocycles. The van der Waals surface area contributed by atoms with Crippen molar-refractivity contribution in [2.45, 2.75) is 198 Å². The minimum Gasteiger partial charge on any atom is -0.462 e. The number of allylic oxidation sites excluding steroid dienone is 10. The lowest BCUT2D eigenvalue weighted by molar-refractivity contribution is -0.216. The molecule has 0 heterocycles. The number of aliphatic hydroxyl groups excluding tert-OH is 5. The Hall–Kier alpha value is -2.60. The minimum atomic E-state index is -5.38. The second kappa shape index (κ2) is 37.3. The summed E-state index contributed by atoms with van der Waals surface area (Å²) in [6.45, 7) is 2.80. The fourth-order valence-electron chi connectivity index (χ4n) is 6.66. The Balaban J connectivity index is 2.66. The third-order valence-electron chi connectivity index (χ3n) is 10.3. The molecule has 6 unspecified atom stereocenters. The average molecular weight is 979 g/mol. The first kappa shape index (κ1) is 61.4. The van der Waals surface area contributed by atoms with Crippen LogP contribution < -0.4 is 0 Å². The van der Waals surface area contributed by atoms with Gasteiger partial charge in [-0.2, -0.15) is 0 Å². The number of hydrogen-bond donors (Lipinski definition) is 8. The highest BCUT2D eigenvalue weighted by Crippen LogP contribution is 2.49. The molecule has 17 nitrogen and oxygen atoms in total. The topological polar surface area (TPSA) is 276 Å². The van der Waals surface area contributed by atoms with Gasteiger partial charge in [0.2, 0.25) is 0 Å². The van der Waals surface area contributed by atoms with E-state index in [0.29, 0.717) is 32.1 Å². The molecule has 8 N–H and O–H groups in total. The Kier molecular flexibility index (Phi) is 34.7. The molecular weight excluding hydrogens is 898 g/mol. The fourth-order valence-corrected chi connectivity index (χ4v) is 8.20. The van der Waals surface area contributed by atoms with Crippen LogP contribution in [-0.2, 0) is 41.8 Å². The number of esters is 2. The Morgan fingerprint density at radius 3 is 1.74 bits per heavy atom. The molecule has 0 bridgehead atoms. The van der Waals surface area contributed by atoms with Gasteiger partial charge in [0, 0.05) is 12.8 Å². The molecule has 0 amide bonds. The molecule has 0 aliphatic heterocycles. The van der Waals surface area contributed by atoms with Crippen molar-refractivity contribution < 1.29 is 82.0 Å².